The first-order valence-corrected chi connectivity index (χ1v) is 11.0. The second-order valence-corrected chi connectivity index (χ2v) is 8.21. The topological polar surface area (TPSA) is 97.2 Å². The maximum atomic E-state index is 13.1. The number of ether oxygens (including phenoxy) is 2. The lowest BCUT2D eigenvalue weighted by Crippen LogP contribution is -2.19. The van der Waals surface area contributed by atoms with E-state index in [0.29, 0.717) is 23.7 Å². The van der Waals surface area contributed by atoms with Crippen molar-refractivity contribution in [2.45, 2.75) is 19.5 Å². The van der Waals surface area contributed by atoms with E-state index in [0.717, 1.165) is 23.9 Å². The van der Waals surface area contributed by atoms with Crippen molar-refractivity contribution in [3.05, 3.63) is 57.5 Å². The molecular weight excluding hydrogens is 497 g/mol. The van der Waals surface area contributed by atoms with Gasteiger partial charge in [0.1, 0.15) is 0 Å². The highest BCUT2D eigenvalue weighted by atomic mass is 35.5. The van der Waals surface area contributed by atoms with E-state index in [4.69, 9.17) is 26.2 Å². The normalized spacial score (nSPS) is 16.1. The monoisotopic (exact) mass is 514 g/mol. The fourth-order valence-electron chi connectivity index (χ4n) is 2.80. The van der Waals surface area contributed by atoms with Crippen molar-refractivity contribution in [1.29, 1.82) is 0 Å². The molecule has 1 aliphatic rings. The highest BCUT2D eigenvalue weighted by molar-refractivity contribution is 8.18. The van der Waals surface area contributed by atoms with E-state index in [1.54, 1.807) is 31.2 Å². The molecule has 0 bridgehead atoms. The zero-order valence-corrected chi connectivity index (χ0v) is 19.2. The van der Waals surface area contributed by atoms with Crippen molar-refractivity contribution in [2.24, 2.45) is 4.99 Å². The molecule has 0 saturated carbocycles. The summed E-state index contributed by atoms with van der Waals surface area (Å²) in [6.45, 7) is 2.08. The van der Waals surface area contributed by atoms with Crippen molar-refractivity contribution >= 4 is 52.2 Å². The van der Waals surface area contributed by atoms with Crippen molar-refractivity contribution in [1.82, 2.24) is 5.32 Å². The molecule has 0 unspecified atom stereocenters. The second-order valence-electron chi connectivity index (χ2n) is 6.78. The van der Waals surface area contributed by atoms with Crippen LogP contribution in [0.5, 0.6) is 11.5 Å². The third-order valence-electron chi connectivity index (χ3n) is 4.28. The van der Waals surface area contributed by atoms with Crippen LogP contribution in [0.15, 0.2) is 46.3 Å². The van der Waals surface area contributed by atoms with Crippen LogP contribution in [0.1, 0.15) is 24.5 Å². The molecule has 7 nitrogen and oxygen atoms in total. The number of amides is 1. The predicted molar refractivity (Wildman–Crippen MR) is 123 cm³/mol. The summed E-state index contributed by atoms with van der Waals surface area (Å²) >= 11 is 6.59. The van der Waals surface area contributed by atoms with Gasteiger partial charge in [-0.15, -0.1) is 0 Å². The van der Waals surface area contributed by atoms with Gasteiger partial charge in [-0.25, -0.2) is 4.99 Å². The lowest BCUT2D eigenvalue weighted by molar-refractivity contribution is -0.138. The van der Waals surface area contributed by atoms with Gasteiger partial charge >= 0.3 is 12.1 Å². The smallest absolute Gasteiger partial charge is 0.417 e. The van der Waals surface area contributed by atoms with E-state index in [1.807, 2.05) is 0 Å². The molecule has 0 spiro atoms. The van der Waals surface area contributed by atoms with Crippen LogP contribution in [0.3, 0.4) is 0 Å². The summed E-state index contributed by atoms with van der Waals surface area (Å²) in [4.78, 5) is 27.4. The number of amidine groups is 1. The number of carbonyl (C=O) groups excluding carboxylic acids is 1. The van der Waals surface area contributed by atoms with Gasteiger partial charge in [-0.1, -0.05) is 17.7 Å². The van der Waals surface area contributed by atoms with Crippen LogP contribution in [-0.4, -0.2) is 35.4 Å². The minimum absolute atomic E-state index is 0.0118. The van der Waals surface area contributed by atoms with Crippen LogP contribution in [0.25, 0.3) is 6.08 Å². The lowest BCUT2D eigenvalue weighted by Gasteiger charge is -2.12. The number of carboxylic acid groups (broad SMARTS) is 1. The van der Waals surface area contributed by atoms with Gasteiger partial charge in [0, 0.05) is 0 Å². The highest BCUT2D eigenvalue weighted by Crippen LogP contribution is 2.38. The average Bonchev–Trinajstić information content (AvgIpc) is 3.08. The number of benzene rings is 2. The highest BCUT2D eigenvalue weighted by Gasteiger charge is 2.33. The second kappa shape index (κ2) is 10.8. The van der Waals surface area contributed by atoms with E-state index >= 15 is 0 Å². The summed E-state index contributed by atoms with van der Waals surface area (Å²) in [5, 5.41) is 10.9. The van der Waals surface area contributed by atoms with Gasteiger partial charge < -0.3 is 19.9 Å². The van der Waals surface area contributed by atoms with Gasteiger partial charge in [0.2, 0.25) is 0 Å². The molecule has 1 saturated heterocycles. The van der Waals surface area contributed by atoms with Crippen molar-refractivity contribution in [3.63, 3.8) is 0 Å². The molecule has 3 rings (SSSR count). The van der Waals surface area contributed by atoms with Gasteiger partial charge in [0.25, 0.3) is 5.91 Å². The van der Waals surface area contributed by atoms with Crippen LogP contribution in [0, 0.1) is 0 Å². The number of halogens is 4. The Morgan fingerprint density at radius 1 is 1.21 bits per heavy atom. The maximum Gasteiger partial charge on any atom is 0.417 e. The van der Waals surface area contributed by atoms with E-state index in [-0.39, 0.29) is 28.8 Å². The maximum absolute atomic E-state index is 13.1. The number of carbonyl (C=O) groups is 2. The van der Waals surface area contributed by atoms with E-state index < -0.39 is 28.6 Å². The van der Waals surface area contributed by atoms with E-state index in [9.17, 15) is 22.8 Å². The Balaban J connectivity index is 1.80. The number of hydrogen-bond donors (Lipinski definition) is 2. The number of nitrogens with zero attached hydrogens (tertiary/aromatic N) is 1. The number of aliphatic carboxylic acids is 1. The summed E-state index contributed by atoms with van der Waals surface area (Å²) in [6.07, 6.45) is -3.24. The van der Waals surface area contributed by atoms with Crippen LogP contribution in [0.2, 0.25) is 5.02 Å². The fourth-order valence-corrected chi connectivity index (χ4v) is 3.87. The Labute approximate surface area is 201 Å². The molecular formula is C22H18ClF3N2O5S. The molecule has 0 aliphatic carbocycles. The first-order chi connectivity index (χ1) is 16.1. The molecule has 1 heterocycles. The number of thioether (sulfide) groups is 1. The van der Waals surface area contributed by atoms with Crippen molar-refractivity contribution in [3.8, 4) is 11.5 Å². The summed E-state index contributed by atoms with van der Waals surface area (Å²) in [6, 6.07) is 8.10. The Morgan fingerprint density at radius 2 is 1.97 bits per heavy atom. The predicted octanol–water partition coefficient (Wildman–Crippen LogP) is 5.50. The largest absolute Gasteiger partial charge is 0.490 e. The Morgan fingerprint density at radius 3 is 2.65 bits per heavy atom. The third kappa shape index (κ3) is 6.67. The van der Waals surface area contributed by atoms with Crippen molar-refractivity contribution < 1.29 is 37.3 Å². The summed E-state index contributed by atoms with van der Waals surface area (Å²) < 4.78 is 50.2. The number of nitrogens with one attached hydrogen (secondary N) is 1. The number of alkyl halides is 3. The van der Waals surface area contributed by atoms with Gasteiger partial charge in [-0.3, -0.25) is 9.59 Å². The summed E-state index contributed by atoms with van der Waals surface area (Å²) in [5.74, 6) is -0.720. The summed E-state index contributed by atoms with van der Waals surface area (Å²) in [5.41, 5.74) is -0.434. The first-order valence-electron chi connectivity index (χ1n) is 9.84. The van der Waals surface area contributed by atoms with Crippen LogP contribution in [-0.2, 0) is 15.8 Å². The van der Waals surface area contributed by atoms with Crippen LogP contribution >= 0.6 is 23.4 Å². The molecule has 0 aromatic heterocycles. The molecule has 2 aromatic carbocycles. The molecule has 1 fully saturated rings. The summed E-state index contributed by atoms with van der Waals surface area (Å²) in [7, 11) is 0. The molecule has 180 valence electrons. The molecule has 0 atom stereocenters. The molecule has 0 radical (unpaired) electrons. The van der Waals surface area contributed by atoms with Gasteiger partial charge in [-0.05, 0) is 60.7 Å². The lowest BCUT2D eigenvalue weighted by atomic mass is 10.2. The minimum atomic E-state index is -4.63. The molecule has 12 heteroatoms. The van der Waals surface area contributed by atoms with Gasteiger partial charge in [-0.2, -0.15) is 13.2 Å². The number of hydrogen-bond acceptors (Lipinski definition) is 6. The first kappa shape index (κ1) is 25.4. The Hall–Kier alpha value is -3.18. The van der Waals surface area contributed by atoms with Crippen LogP contribution < -0.4 is 14.8 Å². The molecule has 1 aliphatic heterocycles. The van der Waals surface area contributed by atoms with E-state index in [2.05, 4.69) is 10.3 Å². The Bertz CT molecular complexity index is 1170. The zero-order chi connectivity index (χ0) is 24.9. The van der Waals surface area contributed by atoms with E-state index in [1.165, 1.54) is 6.07 Å². The van der Waals surface area contributed by atoms with Crippen LogP contribution in [0.4, 0.5) is 18.9 Å². The minimum Gasteiger partial charge on any atom is -0.490 e. The van der Waals surface area contributed by atoms with Gasteiger partial charge in [0.05, 0.1) is 40.8 Å². The number of aliphatic imine (C=N–C) groups is 1. The van der Waals surface area contributed by atoms with Gasteiger partial charge in [0.15, 0.2) is 16.7 Å². The molecule has 2 N–H and O–H groups in total. The quantitative estimate of drug-likeness (QED) is 0.451. The third-order valence-corrected chi connectivity index (χ3v) is 5.52. The zero-order valence-electron chi connectivity index (χ0n) is 17.6. The molecule has 34 heavy (non-hydrogen) atoms. The fraction of sp³-hybridized carbons (Fsp3) is 0.227. The average molecular weight is 515 g/mol. The van der Waals surface area contributed by atoms with Crippen molar-refractivity contribution in [2.75, 3.05) is 13.2 Å². The standard InChI is InChI=1S/C22H18ClF3N2O5S/c1-2-32-17-9-12(3-6-16(17)33-8-7-19(29)30)10-18-20(31)28-21(34-18)27-13-4-5-15(23)14(11-13)22(24,25)26/h3-6,9-11H,2,7-8H2,1H3,(H,29,30)(H,27,28,31)/b18-10+. The number of rotatable bonds is 8. The SMILES string of the molecule is CCOc1cc(/C=C2/SC(=Nc3ccc(Cl)c(C(F)(F)F)c3)NC2=O)ccc1OCCC(=O)O. The molecule has 1 amide bonds. The Kier molecular flexibility index (Phi) is 8.11. The molecule has 2 aromatic rings. The number of carboxylic acids is 1.